The first-order valence-corrected chi connectivity index (χ1v) is 12.0. The highest BCUT2D eigenvalue weighted by atomic mass is 16.7. The van der Waals surface area contributed by atoms with Gasteiger partial charge in [-0.25, -0.2) is 0 Å². The van der Waals surface area contributed by atoms with Crippen LogP contribution in [0.4, 0.5) is 0 Å². The maximum Gasteiger partial charge on any atom is 0.229 e. The maximum absolute atomic E-state index is 10.3. The minimum Gasteiger partial charge on any atom is -0.493 e. The van der Waals surface area contributed by atoms with Gasteiger partial charge in [-0.05, 0) is 49.1 Å². The lowest BCUT2D eigenvalue weighted by molar-refractivity contribution is -0.268. The molecule has 2 heterocycles. The highest BCUT2D eigenvalue weighted by molar-refractivity contribution is 5.56. The van der Waals surface area contributed by atoms with Crippen LogP contribution in [0.25, 0.3) is 0 Å². The molecule has 1 fully saturated rings. The smallest absolute Gasteiger partial charge is 0.229 e. The molecule has 2 unspecified atom stereocenters. The average molecular weight is 507 g/mol. The van der Waals surface area contributed by atoms with Crippen LogP contribution >= 0.6 is 0 Å². The van der Waals surface area contributed by atoms with Crippen LogP contribution in [0.15, 0.2) is 30.3 Å². The SMILES string of the molecule is COc1cc(C2Oc3c(OC)cc(CCCO)cc3C2CO)ccc1O[C@H]1O[C@H](C)[C@@H](O)[C@H](O)[C@@H]1O. The Labute approximate surface area is 209 Å². The Morgan fingerprint density at radius 2 is 1.64 bits per heavy atom. The van der Waals surface area contributed by atoms with E-state index in [4.69, 9.17) is 23.7 Å². The summed E-state index contributed by atoms with van der Waals surface area (Å²) < 4.78 is 28.7. The van der Waals surface area contributed by atoms with Crippen LogP contribution < -0.4 is 18.9 Å². The third-order valence-electron chi connectivity index (χ3n) is 6.76. The van der Waals surface area contributed by atoms with E-state index in [9.17, 15) is 25.5 Å². The lowest BCUT2D eigenvalue weighted by atomic mass is 9.90. The fourth-order valence-electron chi connectivity index (χ4n) is 4.72. The second-order valence-electron chi connectivity index (χ2n) is 9.08. The summed E-state index contributed by atoms with van der Waals surface area (Å²) in [4.78, 5) is 0. The number of ether oxygens (including phenoxy) is 5. The van der Waals surface area contributed by atoms with Crippen molar-refractivity contribution in [3.8, 4) is 23.0 Å². The van der Waals surface area contributed by atoms with Crippen LogP contribution in [0.3, 0.4) is 0 Å². The van der Waals surface area contributed by atoms with Gasteiger partial charge in [0.15, 0.2) is 23.0 Å². The second kappa shape index (κ2) is 11.2. The highest BCUT2D eigenvalue weighted by Gasteiger charge is 2.43. The quantitative estimate of drug-likeness (QED) is 0.334. The van der Waals surface area contributed by atoms with Crippen molar-refractivity contribution >= 4 is 0 Å². The number of hydrogen-bond donors (Lipinski definition) is 5. The normalized spacial score (nSPS) is 29.4. The van der Waals surface area contributed by atoms with Gasteiger partial charge in [-0.1, -0.05) is 12.1 Å². The minimum atomic E-state index is -1.46. The minimum absolute atomic E-state index is 0.0809. The topological polar surface area (TPSA) is 147 Å². The molecule has 0 amide bonds. The molecule has 5 N–H and O–H groups in total. The molecular formula is C26H34O10. The Bertz CT molecular complexity index is 1040. The molecule has 0 saturated carbocycles. The average Bonchev–Trinajstić information content (AvgIpc) is 3.27. The Balaban J connectivity index is 1.60. The zero-order valence-corrected chi connectivity index (χ0v) is 20.5. The highest BCUT2D eigenvalue weighted by Crippen LogP contribution is 2.51. The summed E-state index contributed by atoms with van der Waals surface area (Å²) in [5.41, 5.74) is 2.54. The molecule has 7 atom stereocenters. The van der Waals surface area contributed by atoms with E-state index in [2.05, 4.69) is 0 Å². The predicted molar refractivity (Wildman–Crippen MR) is 128 cm³/mol. The molecule has 2 aliphatic rings. The van der Waals surface area contributed by atoms with E-state index in [1.807, 2.05) is 12.1 Å². The molecule has 0 aromatic heterocycles. The number of fused-ring (bicyclic) bond motifs is 1. The van der Waals surface area contributed by atoms with Crippen molar-refractivity contribution in [1.82, 2.24) is 0 Å². The van der Waals surface area contributed by atoms with Crippen molar-refractivity contribution in [3.63, 3.8) is 0 Å². The zero-order chi connectivity index (χ0) is 26.0. The maximum atomic E-state index is 10.3. The van der Waals surface area contributed by atoms with Crippen LogP contribution in [0.1, 0.15) is 42.1 Å². The van der Waals surface area contributed by atoms with Gasteiger partial charge in [-0.15, -0.1) is 0 Å². The third-order valence-corrected chi connectivity index (χ3v) is 6.76. The molecule has 0 radical (unpaired) electrons. The second-order valence-corrected chi connectivity index (χ2v) is 9.08. The monoisotopic (exact) mass is 506 g/mol. The number of rotatable bonds is 9. The Morgan fingerprint density at radius 1 is 0.889 bits per heavy atom. The number of aliphatic hydroxyl groups excluding tert-OH is 5. The molecular weight excluding hydrogens is 472 g/mol. The van der Waals surface area contributed by atoms with Crippen molar-refractivity contribution < 1.29 is 49.2 Å². The number of methoxy groups -OCH3 is 2. The lowest BCUT2D eigenvalue weighted by Crippen LogP contribution is -2.58. The standard InChI is InChI=1S/C26H34O10/c1-13-21(29)22(30)23(31)26(34-13)35-18-7-6-15(11-19(18)32-2)24-17(12-28)16-9-14(5-4-8-27)10-20(33-3)25(16)36-24/h6-7,9-11,13,17,21-24,26-31H,4-5,8,12H2,1-3H3/t13-,17?,21-,22+,23+,24?,26-/m1/s1. The van der Waals surface area contributed by atoms with Gasteiger partial charge < -0.3 is 49.2 Å². The lowest BCUT2D eigenvalue weighted by Gasteiger charge is -2.39. The molecule has 4 rings (SSSR count). The molecule has 2 aliphatic heterocycles. The molecule has 0 spiro atoms. The fraction of sp³-hybridized carbons (Fsp3) is 0.538. The van der Waals surface area contributed by atoms with Gasteiger partial charge in [0.05, 0.1) is 32.8 Å². The first kappa shape index (κ1) is 26.5. The van der Waals surface area contributed by atoms with Crippen molar-refractivity contribution in [1.29, 1.82) is 0 Å². The Hall–Kier alpha value is -2.60. The summed E-state index contributed by atoms with van der Waals surface area (Å²) in [6, 6.07) is 8.98. The van der Waals surface area contributed by atoms with Gasteiger partial charge in [-0.3, -0.25) is 0 Å². The van der Waals surface area contributed by atoms with Crippen LogP contribution in [0, 0.1) is 0 Å². The summed E-state index contributed by atoms with van der Waals surface area (Å²) in [5, 5.41) is 49.8. The number of benzene rings is 2. The summed E-state index contributed by atoms with van der Waals surface area (Å²) in [5.74, 6) is 1.37. The van der Waals surface area contributed by atoms with Crippen molar-refractivity contribution in [2.24, 2.45) is 0 Å². The first-order chi connectivity index (χ1) is 17.3. The van der Waals surface area contributed by atoms with E-state index >= 15 is 0 Å². The van der Waals surface area contributed by atoms with Crippen LogP contribution in [-0.2, 0) is 11.2 Å². The zero-order valence-electron chi connectivity index (χ0n) is 20.5. The summed E-state index contributed by atoms with van der Waals surface area (Å²) in [6.07, 6.45) is -5.31. The van der Waals surface area contributed by atoms with Crippen molar-refractivity contribution in [2.45, 2.75) is 62.5 Å². The largest absolute Gasteiger partial charge is 0.493 e. The molecule has 0 aliphatic carbocycles. The van der Waals surface area contributed by atoms with Gasteiger partial charge in [0, 0.05) is 12.2 Å². The molecule has 36 heavy (non-hydrogen) atoms. The predicted octanol–water partition coefficient (Wildman–Crippen LogP) is 1.04. The van der Waals surface area contributed by atoms with E-state index in [1.54, 1.807) is 32.2 Å². The number of aryl methyl sites for hydroxylation is 1. The molecule has 10 heteroatoms. The van der Waals surface area contributed by atoms with Gasteiger partial charge >= 0.3 is 0 Å². The van der Waals surface area contributed by atoms with Gasteiger partial charge in [0.25, 0.3) is 0 Å². The van der Waals surface area contributed by atoms with E-state index in [-0.39, 0.29) is 24.9 Å². The molecule has 198 valence electrons. The summed E-state index contributed by atoms with van der Waals surface area (Å²) >= 11 is 0. The Morgan fingerprint density at radius 3 is 2.31 bits per heavy atom. The van der Waals surface area contributed by atoms with Crippen molar-refractivity contribution in [3.05, 3.63) is 47.0 Å². The molecule has 1 saturated heterocycles. The van der Waals surface area contributed by atoms with Crippen LogP contribution in [-0.4, -0.2) is 83.7 Å². The van der Waals surface area contributed by atoms with E-state index in [1.165, 1.54) is 7.11 Å². The summed E-state index contributed by atoms with van der Waals surface area (Å²) in [7, 11) is 3.03. The van der Waals surface area contributed by atoms with E-state index in [0.29, 0.717) is 30.1 Å². The van der Waals surface area contributed by atoms with Crippen LogP contribution in [0.2, 0.25) is 0 Å². The molecule has 10 nitrogen and oxygen atoms in total. The summed E-state index contributed by atoms with van der Waals surface area (Å²) in [6.45, 7) is 1.49. The van der Waals surface area contributed by atoms with Gasteiger partial charge in [0.2, 0.25) is 6.29 Å². The van der Waals surface area contributed by atoms with Gasteiger partial charge in [-0.2, -0.15) is 0 Å². The number of hydrogen-bond acceptors (Lipinski definition) is 10. The van der Waals surface area contributed by atoms with Gasteiger partial charge in [0.1, 0.15) is 24.4 Å². The van der Waals surface area contributed by atoms with Crippen molar-refractivity contribution in [2.75, 3.05) is 27.4 Å². The number of aliphatic hydroxyl groups is 5. The third kappa shape index (κ3) is 4.97. The fourth-order valence-corrected chi connectivity index (χ4v) is 4.72. The molecule has 2 aromatic carbocycles. The van der Waals surface area contributed by atoms with Crippen LogP contribution in [0.5, 0.6) is 23.0 Å². The van der Waals surface area contributed by atoms with E-state index in [0.717, 1.165) is 16.7 Å². The Kier molecular flexibility index (Phi) is 8.23. The van der Waals surface area contributed by atoms with E-state index < -0.39 is 36.8 Å². The first-order valence-electron chi connectivity index (χ1n) is 12.0. The molecule has 2 aromatic rings. The molecule has 0 bridgehead atoms.